The summed E-state index contributed by atoms with van der Waals surface area (Å²) in [4.78, 5) is 26.9. The molecule has 2 saturated heterocycles. The van der Waals surface area contributed by atoms with Gasteiger partial charge in [0.15, 0.2) is 5.78 Å². The van der Waals surface area contributed by atoms with E-state index in [0.29, 0.717) is 48.1 Å². The predicted molar refractivity (Wildman–Crippen MR) is 101 cm³/mol. The van der Waals surface area contributed by atoms with Gasteiger partial charge in [0.25, 0.3) is 0 Å². The fraction of sp³-hybridized carbons (Fsp3) is 0.500. The number of carbonyl (C=O) groups is 2. The topological polar surface area (TPSA) is 66.8 Å². The number of thiophene rings is 1. The van der Waals surface area contributed by atoms with Crippen LogP contribution in [0.4, 0.5) is 9.18 Å². The Bertz CT molecular complexity index is 876. The third-order valence-corrected chi connectivity index (χ3v) is 7.00. The average molecular weight is 391 g/mol. The van der Waals surface area contributed by atoms with Crippen LogP contribution in [-0.2, 0) is 4.74 Å². The van der Waals surface area contributed by atoms with E-state index in [4.69, 9.17) is 4.74 Å². The van der Waals surface area contributed by atoms with E-state index in [1.807, 2.05) is 0 Å². The van der Waals surface area contributed by atoms with Gasteiger partial charge in [-0.15, -0.1) is 11.3 Å². The van der Waals surface area contributed by atoms with Crippen LogP contribution in [-0.4, -0.2) is 48.2 Å². The third-order valence-electron chi connectivity index (χ3n) is 5.85. The summed E-state index contributed by atoms with van der Waals surface area (Å²) in [6.45, 7) is 1.95. The number of hydrogen-bond donors (Lipinski definition) is 1. The van der Waals surface area contributed by atoms with Gasteiger partial charge < -0.3 is 14.7 Å². The Morgan fingerprint density at radius 3 is 2.78 bits per heavy atom. The molecule has 2 aliphatic heterocycles. The molecule has 0 saturated carbocycles. The minimum Gasteiger partial charge on any atom is -0.465 e. The number of ether oxygens (including phenoxy) is 1. The number of ketones is 1. The van der Waals surface area contributed by atoms with Crippen molar-refractivity contribution in [3.05, 3.63) is 35.0 Å². The Hall–Kier alpha value is -1.99. The van der Waals surface area contributed by atoms with Crippen molar-refractivity contribution < 1.29 is 23.8 Å². The molecule has 1 aromatic carbocycles. The van der Waals surface area contributed by atoms with E-state index in [1.54, 1.807) is 18.2 Å². The van der Waals surface area contributed by atoms with E-state index in [2.05, 4.69) is 0 Å². The first-order chi connectivity index (χ1) is 13.0. The summed E-state index contributed by atoms with van der Waals surface area (Å²) in [5.74, 6) is -0.0190. The van der Waals surface area contributed by atoms with Crippen molar-refractivity contribution in [2.45, 2.75) is 25.7 Å². The van der Waals surface area contributed by atoms with Crippen molar-refractivity contribution in [1.82, 2.24) is 4.90 Å². The van der Waals surface area contributed by atoms with Gasteiger partial charge in [0.05, 0.1) is 15.0 Å². The van der Waals surface area contributed by atoms with Gasteiger partial charge in [-0.2, -0.15) is 0 Å². The molecule has 2 aliphatic rings. The highest BCUT2D eigenvalue weighted by molar-refractivity contribution is 7.20. The minimum atomic E-state index is -0.987. The maximum Gasteiger partial charge on any atom is 0.407 e. The van der Waals surface area contributed by atoms with Crippen LogP contribution in [0, 0.1) is 17.2 Å². The number of carbonyl (C=O) groups excluding carboxylic acids is 1. The van der Waals surface area contributed by atoms with Crippen LogP contribution in [0.3, 0.4) is 0 Å². The fourth-order valence-corrected chi connectivity index (χ4v) is 5.51. The summed E-state index contributed by atoms with van der Waals surface area (Å²) in [7, 11) is 0. The van der Waals surface area contributed by atoms with Crippen LogP contribution < -0.4 is 0 Å². The lowest BCUT2D eigenvalue weighted by Crippen LogP contribution is -2.38. The van der Waals surface area contributed by atoms with Crippen LogP contribution in [0.15, 0.2) is 24.3 Å². The molecule has 27 heavy (non-hydrogen) atoms. The van der Waals surface area contributed by atoms with Crippen LogP contribution in [0.5, 0.6) is 0 Å². The van der Waals surface area contributed by atoms with E-state index in [-0.39, 0.29) is 18.1 Å². The molecular formula is C20H22FNO4S. The van der Waals surface area contributed by atoms with Crippen molar-refractivity contribution in [3.8, 4) is 0 Å². The standard InChI is InChI=1S/C20H22FNO4S/c21-15-3-1-2-14-10-16(27-17(14)15)18(23)20(6-7-22(12-20)19(24)25)11-13-4-8-26-9-5-13/h1-3,10,13H,4-9,11-12H2,(H,24,25). The van der Waals surface area contributed by atoms with Gasteiger partial charge in [0.2, 0.25) is 0 Å². The van der Waals surface area contributed by atoms with Gasteiger partial charge >= 0.3 is 6.09 Å². The Morgan fingerprint density at radius 1 is 1.33 bits per heavy atom. The number of likely N-dealkylation sites (tertiary alicyclic amines) is 1. The number of hydrogen-bond acceptors (Lipinski definition) is 4. The minimum absolute atomic E-state index is 0.0432. The summed E-state index contributed by atoms with van der Waals surface area (Å²) in [6.07, 6.45) is 1.98. The molecule has 4 rings (SSSR count). The second-order valence-corrected chi connectivity index (χ2v) is 8.64. The van der Waals surface area contributed by atoms with Crippen LogP contribution >= 0.6 is 11.3 Å². The molecule has 144 valence electrons. The second kappa shape index (κ2) is 7.20. The first-order valence-corrected chi connectivity index (χ1v) is 10.1. The lowest BCUT2D eigenvalue weighted by molar-refractivity contribution is 0.0434. The maximum absolute atomic E-state index is 14.1. The van der Waals surface area contributed by atoms with Crippen LogP contribution in [0.1, 0.15) is 35.4 Å². The molecule has 0 bridgehead atoms. The van der Waals surface area contributed by atoms with Crippen molar-refractivity contribution in [3.63, 3.8) is 0 Å². The summed E-state index contributed by atoms with van der Waals surface area (Å²) in [5.41, 5.74) is -0.724. The molecule has 0 aliphatic carbocycles. The van der Waals surface area contributed by atoms with Crippen molar-refractivity contribution in [1.29, 1.82) is 0 Å². The summed E-state index contributed by atoms with van der Waals surface area (Å²) in [5, 5.41) is 10.1. The summed E-state index contributed by atoms with van der Waals surface area (Å²) in [6, 6.07) is 6.58. The average Bonchev–Trinajstić information content (AvgIpc) is 3.28. The Morgan fingerprint density at radius 2 is 2.11 bits per heavy atom. The van der Waals surface area contributed by atoms with E-state index < -0.39 is 11.5 Å². The normalized spacial score (nSPS) is 23.8. The number of nitrogens with zero attached hydrogens (tertiary/aromatic N) is 1. The van der Waals surface area contributed by atoms with Gasteiger partial charge in [-0.3, -0.25) is 4.79 Å². The fourth-order valence-electron chi connectivity index (χ4n) is 4.38. The number of amides is 1. The van der Waals surface area contributed by atoms with E-state index in [0.717, 1.165) is 18.2 Å². The molecule has 3 heterocycles. The molecule has 7 heteroatoms. The molecule has 0 spiro atoms. The lowest BCUT2D eigenvalue weighted by atomic mass is 9.73. The first-order valence-electron chi connectivity index (χ1n) is 9.27. The molecule has 0 radical (unpaired) electrons. The number of benzene rings is 1. The molecule has 1 unspecified atom stereocenters. The molecule has 2 aromatic rings. The van der Waals surface area contributed by atoms with Crippen LogP contribution in [0.2, 0.25) is 0 Å². The highest BCUT2D eigenvalue weighted by Gasteiger charge is 2.48. The number of rotatable bonds is 4. The Kier molecular flexibility index (Phi) is 4.90. The highest BCUT2D eigenvalue weighted by Crippen LogP contribution is 2.44. The van der Waals surface area contributed by atoms with E-state index in [1.165, 1.54) is 22.3 Å². The molecule has 1 atom stereocenters. The first kappa shape index (κ1) is 18.4. The number of carboxylic acid groups (broad SMARTS) is 1. The zero-order valence-electron chi connectivity index (χ0n) is 14.9. The highest BCUT2D eigenvalue weighted by atomic mass is 32.1. The van der Waals surface area contributed by atoms with E-state index in [9.17, 15) is 19.1 Å². The Labute approximate surface area is 160 Å². The van der Waals surface area contributed by atoms with Gasteiger partial charge in [0, 0.05) is 26.3 Å². The molecule has 1 N–H and O–H groups in total. The molecule has 1 aromatic heterocycles. The molecule has 5 nitrogen and oxygen atoms in total. The van der Waals surface area contributed by atoms with Gasteiger partial charge in [-0.25, -0.2) is 9.18 Å². The third kappa shape index (κ3) is 3.46. The zero-order valence-corrected chi connectivity index (χ0v) is 15.8. The molecule has 2 fully saturated rings. The largest absolute Gasteiger partial charge is 0.465 e. The summed E-state index contributed by atoms with van der Waals surface area (Å²) >= 11 is 1.17. The van der Waals surface area contributed by atoms with Gasteiger partial charge in [-0.05, 0) is 49.1 Å². The van der Waals surface area contributed by atoms with Crippen molar-refractivity contribution in [2.75, 3.05) is 26.3 Å². The number of halogens is 1. The number of Topliss-reactive ketones (excluding diaryl/α,β-unsaturated/α-hetero) is 1. The van der Waals surface area contributed by atoms with Crippen LogP contribution in [0.25, 0.3) is 10.1 Å². The zero-order chi connectivity index (χ0) is 19.0. The van der Waals surface area contributed by atoms with Gasteiger partial charge in [0.1, 0.15) is 5.82 Å². The molecular weight excluding hydrogens is 369 g/mol. The Balaban J connectivity index is 1.67. The van der Waals surface area contributed by atoms with Gasteiger partial charge in [-0.1, -0.05) is 12.1 Å². The van der Waals surface area contributed by atoms with Crippen molar-refractivity contribution >= 4 is 33.3 Å². The SMILES string of the molecule is O=C(O)N1CCC(CC2CCOCC2)(C(=O)c2cc3cccc(F)c3s2)C1. The smallest absolute Gasteiger partial charge is 0.407 e. The maximum atomic E-state index is 14.1. The predicted octanol–water partition coefficient (Wildman–Crippen LogP) is 4.41. The van der Waals surface area contributed by atoms with Crippen molar-refractivity contribution in [2.24, 2.45) is 11.3 Å². The number of fused-ring (bicyclic) bond motifs is 1. The summed E-state index contributed by atoms with van der Waals surface area (Å²) < 4.78 is 20.0. The monoisotopic (exact) mass is 391 g/mol. The molecule has 1 amide bonds. The lowest BCUT2D eigenvalue weighted by Gasteiger charge is -2.33. The quantitative estimate of drug-likeness (QED) is 0.784. The van der Waals surface area contributed by atoms with E-state index >= 15 is 0 Å². The second-order valence-electron chi connectivity index (χ2n) is 7.59.